The van der Waals surface area contributed by atoms with Gasteiger partial charge in [0.25, 0.3) is 0 Å². The van der Waals surface area contributed by atoms with Gasteiger partial charge in [-0.1, -0.05) is 19.1 Å². The summed E-state index contributed by atoms with van der Waals surface area (Å²) < 4.78 is 49.3. The van der Waals surface area contributed by atoms with Gasteiger partial charge in [-0.3, -0.25) is 4.79 Å². The summed E-state index contributed by atoms with van der Waals surface area (Å²) >= 11 is 0. The molecule has 2 aliphatic rings. The van der Waals surface area contributed by atoms with Crippen LogP contribution in [0.3, 0.4) is 0 Å². The number of hydrogen-bond acceptors (Lipinski definition) is 4. The molecule has 32 heavy (non-hydrogen) atoms. The summed E-state index contributed by atoms with van der Waals surface area (Å²) in [6.07, 6.45) is -1.87. The molecule has 2 atom stereocenters. The fourth-order valence-electron chi connectivity index (χ4n) is 3.89. The first-order valence-corrected chi connectivity index (χ1v) is 11.1. The molecule has 0 spiro atoms. The van der Waals surface area contributed by atoms with Gasteiger partial charge in [0.1, 0.15) is 17.6 Å². The quantitative estimate of drug-likeness (QED) is 0.490. The summed E-state index contributed by atoms with van der Waals surface area (Å²) in [4.78, 5) is 13.5. The number of Topliss-reactive ketones (excluding diaryl/α,β-unsaturated/α-hetero) is 1. The smallest absolute Gasteiger partial charge is 0.449 e. The topological polar surface area (TPSA) is 38.8 Å². The van der Waals surface area contributed by atoms with E-state index in [4.69, 9.17) is 9.47 Å². The molecule has 4 nitrogen and oxygen atoms in total. The highest BCUT2D eigenvalue weighted by molar-refractivity contribution is 5.84. The van der Waals surface area contributed by atoms with Crippen LogP contribution in [0.4, 0.5) is 18.9 Å². The second-order valence-electron chi connectivity index (χ2n) is 8.82. The lowest BCUT2D eigenvalue weighted by Crippen LogP contribution is -2.24. The zero-order chi connectivity index (χ0) is 22.7. The molecule has 1 unspecified atom stereocenters. The summed E-state index contributed by atoms with van der Waals surface area (Å²) in [6.45, 7) is 4.08. The van der Waals surface area contributed by atoms with Crippen LogP contribution in [0.1, 0.15) is 44.1 Å². The lowest BCUT2D eigenvalue weighted by Gasteiger charge is -2.20. The van der Waals surface area contributed by atoms with Gasteiger partial charge in [0.2, 0.25) is 5.78 Å². The van der Waals surface area contributed by atoms with Gasteiger partial charge in [0.05, 0.1) is 13.2 Å². The Morgan fingerprint density at radius 2 is 1.69 bits per heavy atom. The molecule has 0 bridgehead atoms. The maximum atomic E-state index is 12.5. The van der Waals surface area contributed by atoms with Crippen LogP contribution >= 0.6 is 0 Å². The number of halogens is 3. The Morgan fingerprint density at radius 3 is 2.31 bits per heavy atom. The van der Waals surface area contributed by atoms with Crippen molar-refractivity contribution in [3.63, 3.8) is 0 Å². The standard InChI is InChI=1S/C25H28F3NO3/c1-17(14-24(30)25(26,27)28)19-4-8-22(9-5-19)32-23-12-13-29(15-23)20-6-10-21(11-7-20)31-16-18-2-3-18/h4-11,17-18,23H,2-3,12-16H2,1H3/t17-,23?/m1/s1. The number of benzene rings is 2. The molecule has 7 heteroatoms. The molecule has 4 rings (SSSR count). The van der Waals surface area contributed by atoms with E-state index in [1.54, 1.807) is 31.2 Å². The van der Waals surface area contributed by atoms with Crippen LogP contribution in [-0.2, 0) is 4.79 Å². The normalized spacial score (nSPS) is 19.6. The molecule has 1 saturated carbocycles. The Bertz CT molecular complexity index is 908. The minimum Gasteiger partial charge on any atom is -0.493 e. The van der Waals surface area contributed by atoms with Crippen molar-refractivity contribution in [2.45, 2.75) is 50.8 Å². The van der Waals surface area contributed by atoms with Gasteiger partial charge in [0, 0.05) is 25.1 Å². The molecule has 1 aliphatic heterocycles. The highest BCUT2D eigenvalue weighted by atomic mass is 19.4. The highest BCUT2D eigenvalue weighted by Gasteiger charge is 2.38. The number of carbonyl (C=O) groups is 1. The summed E-state index contributed by atoms with van der Waals surface area (Å²) in [7, 11) is 0. The summed E-state index contributed by atoms with van der Waals surface area (Å²) in [5, 5.41) is 0. The fraction of sp³-hybridized carbons (Fsp3) is 0.480. The maximum Gasteiger partial charge on any atom is 0.449 e. The molecule has 2 aromatic rings. The third-order valence-electron chi connectivity index (χ3n) is 6.09. The van der Waals surface area contributed by atoms with Crippen molar-refractivity contribution in [3.05, 3.63) is 54.1 Å². The zero-order valence-corrected chi connectivity index (χ0v) is 18.1. The van der Waals surface area contributed by atoms with Crippen LogP contribution in [0.2, 0.25) is 0 Å². The van der Waals surface area contributed by atoms with E-state index >= 15 is 0 Å². The second-order valence-corrected chi connectivity index (χ2v) is 8.82. The zero-order valence-electron chi connectivity index (χ0n) is 18.1. The number of hydrogen-bond donors (Lipinski definition) is 0. The van der Waals surface area contributed by atoms with Gasteiger partial charge in [-0.25, -0.2) is 0 Å². The number of ketones is 1. The predicted octanol–water partition coefficient (Wildman–Crippen LogP) is 5.76. The van der Waals surface area contributed by atoms with E-state index in [0.717, 1.165) is 43.5 Å². The Balaban J connectivity index is 1.26. The number of anilines is 1. The van der Waals surface area contributed by atoms with Crippen LogP contribution < -0.4 is 14.4 Å². The Hall–Kier alpha value is -2.70. The van der Waals surface area contributed by atoms with Crippen molar-refractivity contribution in [2.24, 2.45) is 5.92 Å². The van der Waals surface area contributed by atoms with Gasteiger partial charge >= 0.3 is 6.18 Å². The molecule has 0 amide bonds. The van der Waals surface area contributed by atoms with Crippen LogP contribution in [0.5, 0.6) is 11.5 Å². The van der Waals surface area contributed by atoms with Gasteiger partial charge in [0.15, 0.2) is 0 Å². The average Bonchev–Trinajstić information content (AvgIpc) is 3.49. The molecule has 1 saturated heterocycles. The Morgan fingerprint density at radius 1 is 1.03 bits per heavy atom. The fourth-order valence-corrected chi connectivity index (χ4v) is 3.89. The minimum absolute atomic E-state index is 0.0378. The van der Waals surface area contributed by atoms with Gasteiger partial charge in [-0.05, 0) is 66.6 Å². The van der Waals surface area contributed by atoms with Crippen LogP contribution in [0.15, 0.2) is 48.5 Å². The van der Waals surface area contributed by atoms with E-state index in [0.29, 0.717) is 11.3 Å². The predicted molar refractivity (Wildman–Crippen MR) is 116 cm³/mol. The monoisotopic (exact) mass is 447 g/mol. The van der Waals surface area contributed by atoms with Gasteiger partial charge in [-0.15, -0.1) is 0 Å². The number of rotatable bonds is 9. The summed E-state index contributed by atoms with van der Waals surface area (Å²) in [6, 6.07) is 15.2. The van der Waals surface area contributed by atoms with Crippen LogP contribution in [-0.4, -0.2) is 37.8 Å². The Labute approximate surface area is 186 Å². The maximum absolute atomic E-state index is 12.5. The summed E-state index contributed by atoms with van der Waals surface area (Å²) in [5.74, 6) is 0.110. The molecule has 1 aliphatic carbocycles. The van der Waals surface area contributed by atoms with E-state index in [1.807, 2.05) is 12.1 Å². The first kappa shape index (κ1) is 22.5. The molecular formula is C25H28F3NO3. The first-order valence-electron chi connectivity index (χ1n) is 11.1. The number of carbonyl (C=O) groups excluding carboxylic acids is 1. The molecule has 1 heterocycles. The van der Waals surface area contributed by atoms with Crippen molar-refractivity contribution in [1.29, 1.82) is 0 Å². The average molecular weight is 447 g/mol. The minimum atomic E-state index is -4.78. The molecule has 0 N–H and O–H groups in total. The third-order valence-corrected chi connectivity index (χ3v) is 6.09. The van der Waals surface area contributed by atoms with Crippen molar-refractivity contribution in [1.82, 2.24) is 0 Å². The SMILES string of the molecule is C[C@H](CC(=O)C(F)(F)F)c1ccc(OC2CCN(c3ccc(OCC4CC4)cc3)C2)cc1. The van der Waals surface area contributed by atoms with Gasteiger partial charge < -0.3 is 14.4 Å². The van der Waals surface area contributed by atoms with Crippen molar-refractivity contribution < 1.29 is 27.4 Å². The number of ether oxygens (including phenoxy) is 2. The molecular weight excluding hydrogens is 419 g/mol. The second kappa shape index (κ2) is 9.43. The van der Waals surface area contributed by atoms with E-state index in [2.05, 4.69) is 17.0 Å². The molecule has 0 aromatic heterocycles. The Kier molecular flexibility index (Phi) is 6.63. The molecule has 2 fully saturated rings. The van der Waals surface area contributed by atoms with Crippen molar-refractivity contribution in [3.8, 4) is 11.5 Å². The van der Waals surface area contributed by atoms with E-state index in [-0.39, 0.29) is 6.10 Å². The van der Waals surface area contributed by atoms with Crippen molar-refractivity contribution >= 4 is 11.5 Å². The lowest BCUT2D eigenvalue weighted by molar-refractivity contribution is -0.171. The van der Waals surface area contributed by atoms with Gasteiger partial charge in [-0.2, -0.15) is 13.2 Å². The van der Waals surface area contributed by atoms with E-state index in [9.17, 15) is 18.0 Å². The van der Waals surface area contributed by atoms with Crippen LogP contribution in [0.25, 0.3) is 0 Å². The van der Waals surface area contributed by atoms with Crippen molar-refractivity contribution in [2.75, 3.05) is 24.6 Å². The number of nitrogens with zero attached hydrogens (tertiary/aromatic N) is 1. The van der Waals surface area contributed by atoms with Crippen LogP contribution in [0, 0.1) is 5.92 Å². The van der Waals surface area contributed by atoms with E-state index < -0.39 is 24.3 Å². The first-order chi connectivity index (χ1) is 15.3. The third kappa shape index (κ3) is 5.96. The largest absolute Gasteiger partial charge is 0.493 e. The molecule has 172 valence electrons. The lowest BCUT2D eigenvalue weighted by atomic mass is 9.95. The van der Waals surface area contributed by atoms with E-state index in [1.165, 1.54) is 12.8 Å². The number of alkyl halides is 3. The molecule has 2 aromatic carbocycles. The highest BCUT2D eigenvalue weighted by Crippen LogP contribution is 2.31. The molecule has 0 radical (unpaired) electrons. The summed E-state index contributed by atoms with van der Waals surface area (Å²) in [5.41, 5.74) is 1.82.